The van der Waals surface area contributed by atoms with Gasteiger partial charge in [0.25, 0.3) is 0 Å². The largest absolute Gasteiger partial charge is 0.434 e. The van der Waals surface area contributed by atoms with E-state index in [1.807, 2.05) is 0 Å². The van der Waals surface area contributed by atoms with E-state index in [0.29, 0.717) is 6.07 Å². The van der Waals surface area contributed by atoms with Crippen molar-refractivity contribution in [2.45, 2.75) is 26.1 Å². The first-order valence-electron chi connectivity index (χ1n) is 5.04. The number of halogens is 3. The molecule has 0 fully saturated rings. The number of aromatic nitrogens is 1. The van der Waals surface area contributed by atoms with Gasteiger partial charge in [-0.25, -0.2) is 4.79 Å². The van der Waals surface area contributed by atoms with E-state index in [-0.39, 0.29) is 16.1 Å². The molecule has 8 heteroatoms. The van der Waals surface area contributed by atoms with E-state index in [4.69, 9.17) is 5.21 Å². The third-order valence-corrected chi connectivity index (χ3v) is 1.85. The van der Waals surface area contributed by atoms with Crippen molar-refractivity contribution in [2.75, 3.05) is 0 Å². The van der Waals surface area contributed by atoms with Gasteiger partial charge >= 0.3 is 12.2 Å². The minimum Gasteiger partial charge on any atom is -0.428 e. The molecular formula is C10H12F3N3O2. The summed E-state index contributed by atoms with van der Waals surface area (Å²) in [5.74, 6) is 0. The molecule has 0 aliphatic carbocycles. The molecule has 0 radical (unpaired) electrons. The van der Waals surface area contributed by atoms with Gasteiger partial charge in [-0.1, -0.05) is 0 Å². The summed E-state index contributed by atoms with van der Waals surface area (Å²) in [4.78, 5) is 14.7. The number of nitrogens with one attached hydrogen (secondary N) is 1. The molecule has 5 nitrogen and oxygen atoms in total. The van der Waals surface area contributed by atoms with Gasteiger partial charge in [0.05, 0.1) is 5.36 Å². The number of carbonyl (C=O) groups is 1. The Balaban J connectivity index is 3.13. The molecule has 0 aliphatic heterocycles. The topological polar surface area (TPSA) is 66.6 Å². The van der Waals surface area contributed by atoms with Crippen molar-refractivity contribution >= 4 is 6.03 Å². The van der Waals surface area contributed by atoms with Crippen LogP contribution in [-0.2, 0) is 6.18 Å². The number of alkyl halides is 3. The molecule has 0 atom stereocenters. The van der Waals surface area contributed by atoms with Crippen molar-refractivity contribution in [1.82, 2.24) is 10.0 Å². The van der Waals surface area contributed by atoms with Crippen LogP contribution in [0, 0.1) is 0 Å². The number of urea groups is 1. The minimum absolute atomic E-state index is 0.0701. The third kappa shape index (κ3) is 3.79. The lowest BCUT2D eigenvalue weighted by Gasteiger charge is -2.10. The van der Waals surface area contributed by atoms with E-state index in [1.54, 1.807) is 13.8 Å². The lowest BCUT2D eigenvalue weighted by Crippen LogP contribution is -2.29. The lowest BCUT2D eigenvalue weighted by molar-refractivity contribution is -0.151. The maximum atomic E-state index is 12.5. The average Bonchev–Trinajstić information content (AvgIpc) is 2.17. The number of hydrogen-bond donors (Lipinski definition) is 2. The number of nitrogens with zero attached hydrogens (tertiary/aromatic N) is 2. The fourth-order valence-electron chi connectivity index (χ4n) is 1.16. The molecule has 100 valence electrons. The Kier molecular flexibility index (Phi) is 4.00. The highest BCUT2D eigenvalue weighted by Crippen LogP contribution is 2.27. The van der Waals surface area contributed by atoms with Crippen LogP contribution in [0.4, 0.5) is 18.0 Å². The van der Waals surface area contributed by atoms with Crippen molar-refractivity contribution in [3.63, 3.8) is 0 Å². The van der Waals surface area contributed by atoms with Crippen molar-refractivity contribution in [3.8, 4) is 0 Å². The van der Waals surface area contributed by atoms with Crippen LogP contribution in [0.2, 0.25) is 0 Å². The highest BCUT2D eigenvalue weighted by atomic mass is 19.4. The van der Waals surface area contributed by atoms with Gasteiger partial charge in [0.1, 0.15) is 0 Å². The number of amides is 2. The molecule has 0 aromatic carbocycles. The summed E-state index contributed by atoms with van der Waals surface area (Å²) >= 11 is 0. The predicted octanol–water partition coefficient (Wildman–Crippen LogP) is 1.76. The van der Waals surface area contributed by atoms with Gasteiger partial charge in [0.2, 0.25) is 0 Å². The number of carbonyl (C=O) groups excluding carboxylic acids is 1. The van der Waals surface area contributed by atoms with Gasteiger partial charge in [0, 0.05) is 12.2 Å². The summed E-state index contributed by atoms with van der Waals surface area (Å²) in [5, 5.41) is 11.2. The Morgan fingerprint density at radius 1 is 1.50 bits per heavy atom. The summed E-state index contributed by atoms with van der Waals surface area (Å²) in [7, 11) is 0. The van der Waals surface area contributed by atoms with E-state index in [9.17, 15) is 18.0 Å². The summed E-state index contributed by atoms with van der Waals surface area (Å²) in [6.45, 7) is 3.39. The second kappa shape index (κ2) is 5.11. The maximum Gasteiger partial charge on any atom is 0.434 e. The van der Waals surface area contributed by atoms with Gasteiger partial charge in [-0.3, -0.25) is 0 Å². The summed E-state index contributed by atoms with van der Waals surface area (Å²) in [6.07, 6.45) is -3.96. The number of hydrogen-bond acceptors (Lipinski definition) is 2. The monoisotopic (exact) mass is 263 g/mol. The van der Waals surface area contributed by atoms with Crippen LogP contribution in [0.5, 0.6) is 0 Å². The Bertz CT molecular complexity index is 506. The molecule has 1 heterocycles. The van der Waals surface area contributed by atoms with Gasteiger partial charge in [0.15, 0.2) is 5.69 Å². The smallest absolute Gasteiger partial charge is 0.428 e. The molecule has 1 rings (SSSR count). The fraction of sp³-hybridized carbons (Fsp3) is 0.400. The first-order valence-corrected chi connectivity index (χ1v) is 5.04. The third-order valence-electron chi connectivity index (χ3n) is 1.85. The zero-order valence-electron chi connectivity index (χ0n) is 9.69. The van der Waals surface area contributed by atoms with E-state index < -0.39 is 17.9 Å². The molecule has 0 aliphatic rings. The maximum absolute atomic E-state index is 12.5. The van der Waals surface area contributed by atoms with Crippen molar-refractivity contribution in [3.05, 3.63) is 29.4 Å². The molecule has 0 bridgehead atoms. The first-order chi connectivity index (χ1) is 8.20. The Morgan fingerprint density at radius 3 is 2.61 bits per heavy atom. The van der Waals surface area contributed by atoms with Crippen molar-refractivity contribution in [1.29, 1.82) is 0 Å². The summed E-state index contributed by atoms with van der Waals surface area (Å²) in [5.41, 5.74) is -1.30. The zero-order valence-corrected chi connectivity index (χ0v) is 9.69. The van der Waals surface area contributed by atoms with Crippen LogP contribution in [0.15, 0.2) is 23.3 Å². The van der Waals surface area contributed by atoms with Gasteiger partial charge in [-0.2, -0.15) is 22.9 Å². The van der Waals surface area contributed by atoms with Crippen LogP contribution in [0.25, 0.3) is 0 Å². The molecule has 2 amide bonds. The average molecular weight is 263 g/mol. The first kappa shape index (κ1) is 14.1. The van der Waals surface area contributed by atoms with Crippen LogP contribution < -0.4 is 10.7 Å². The highest BCUT2D eigenvalue weighted by Gasteiger charge is 2.34. The molecular weight excluding hydrogens is 251 g/mol. The predicted molar refractivity (Wildman–Crippen MR) is 55.8 cm³/mol. The Morgan fingerprint density at radius 2 is 2.11 bits per heavy atom. The van der Waals surface area contributed by atoms with E-state index in [0.717, 1.165) is 12.3 Å². The van der Waals surface area contributed by atoms with Crippen molar-refractivity contribution < 1.29 is 23.2 Å². The number of rotatable bonds is 1. The van der Waals surface area contributed by atoms with E-state index >= 15 is 0 Å². The van der Waals surface area contributed by atoms with Crippen molar-refractivity contribution in [2.24, 2.45) is 4.99 Å². The second-order valence-corrected chi connectivity index (χ2v) is 3.83. The quantitative estimate of drug-likeness (QED) is 0.758. The minimum atomic E-state index is -4.73. The Labute approximate surface area is 101 Å². The number of pyridine rings is 1. The summed E-state index contributed by atoms with van der Waals surface area (Å²) < 4.78 is 37.3. The molecule has 0 saturated carbocycles. The van der Waals surface area contributed by atoms with E-state index in [2.05, 4.69) is 10.3 Å². The molecule has 0 unspecified atom stereocenters. The normalized spacial score (nSPS) is 12.9. The summed E-state index contributed by atoms with van der Waals surface area (Å²) in [6, 6.07) is 0.762. The van der Waals surface area contributed by atoms with Crippen LogP contribution in [-0.4, -0.2) is 22.0 Å². The molecule has 18 heavy (non-hydrogen) atoms. The molecule has 2 N–H and O–H groups in total. The molecule has 0 spiro atoms. The van der Waals surface area contributed by atoms with Crippen LogP contribution in [0.3, 0.4) is 0 Å². The van der Waals surface area contributed by atoms with Gasteiger partial charge < -0.3 is 10.5 Å². The van der Waals surface area contributed by atoms with Crippen LogP contribution in [0.1, 0.15) is 19.5 Å². The van der Waals surface area contributed by atoms with Gasteiger partial charge in [-0.05, 0) is 26.0 Å². The lowest BCUT2D eigenvalue weighted by atomic mass is 10.3. The molecule has 0 saturated heterocycles. The van der Waals surface area contributed by atoms with Gasteiger partial charge in [-0.15, -0.1) is 0 Å². The second-order valence-electron chi connectivity index (χ2n) is 3.83. The Hall–Kier alpha value is -1.99. The standard InChI is InChI=1S/C10H12F3N3O2/c1-6(2)14-9(17)15-7-3-4-16(18)8(5-7)10(11,12)13/h3-6,18H,1-2H3,(H,14,17)/b15-7+. The van der Waals surface area contributed by atoms with Crippen LogP contribution >= 0.6 is 0 Å². The highest BCUT2D eigenvalue weighted by molar-refractivity contribution is 5.75. The molecule has 1 aromatic rings. The zero-order chi connectivity index (χ0) is 13.9. The van der Waals surface area contributed by atoms with E-state index in [1.165, 1.54) is 0 Å². The molecule has 1 aromatic heterocycles. The fourth-order valence-corrected chi connectivity index (χ4v) is 1.16. The SMILES string of the molecule is CC(C)NC(=O)/N=c1\ccn(O)c(C(F)(F)F)c1.